The van der Waals surface area contributed by atoms with E-state index in [9.17, 15) is 22.8 Å². The molecule has 0 unspecified atom stereocenters. The van der Waals surface area contributed by atoms with Gasteiger partial charge in [-0.25, -0.2) is 4.79 Å². The van der Waals surface area contributed by atoms with Crippen LogP contribution in [0.2, 0.25) is 0 Å². The Bertz CT molecular complexity index is 708. The van der Waals surface area contributed by atoms with E-state index in [0.717, 1.165) is 4.90 Å². The van der Waals surface area contributed by atoms with Gasteiger partial charge in [0.1, 0.15) is 6.61 Å². The van der Waals surface area contributed by atoms with Gasteiger partial charge >= 0.3 is 18.1 Å². The van der Waals surface area contributed by atoms with Crippen LogP contribution in [-0.2, 0) is 9.53 Å². The molecule has 1 aliphatic rings. The number of ether oxygens (including phenoxy) is 4. The molecule has 0 saturated carbocycles. The third-order valence-electron chi connectivity index (χ3n) is 4.44. The van der Waals surface area contributed by atoms with Crippen molar-refractivity contribution in [2.75, 3.05) is 60.7 Å². The van der Waals surface area contributed by atoms with Crippen molar-refractivity contribution in [3.8, 4) is 17.2 Å². The molecule has 0 N–H and O–H groups in total. The van der Waals surface area contributed by atoms with Crippen molar-refractivity contribution in [1.29, 1.82) is 0 Å². The Balaban J connectivity index is 1.86. The van der Waals surface area contributed by atoms with Crippen molar-refractivity contribution in [3.63, 3.8) is 0 Å². The normalized spacial score (nSPS) is 15.0. The summed E-state index contributed by atoms with van der Waals surface area (Å²) in [5, 5.41) is 0. The summed E-state index contributed by atoms with van der Waals surface area (Å²) >= 11 is 0. The van der Waals surface area contributed by atoms with Crippen molar-refractivity contribution in [2.24, 2.45) is 0 Å². The molecule has 1 heterocycles. The number of hydrogen-bond acceptors (Lipinski definition) is 7. The van der Waals surface area contributed by atoms with E-state index in [2.05, 4.69) is 0 Å². The average Bonchev–Trinajstić information content (AvgIpc) is 2.71. The van der Waals surface area contributed by atoms with Crippen molar-refractivity contribution < 1.29 is 41.7 Å². The minimum absolute atomic E-state index is 0.0286. The van der Waals surface area contributed by atoms with Gasteiger partial charge in [0.05, 0.1) is 26.9 Å². The highest BCUT2D eigenvalue weighted by molar-refractivity contribution is 5.91. The molecule has 8 nitrogen and oxygen atoms in total. The van der Waals surface area contributed by atoms with Crippen LogP contribution in [0.15, 0.2) is 12.1 Å². The highest BCUT2D eigenvalue weighted by Gasteiger charge is 2.43. The van der Waals surface area contributed by atoms with Gasteiger partial charge in [0.25, 0.3) is 0 Å². The minimum Gasteiger partial charge on any atom is -0.493 e. The van der Waals surface area contributed by atoms with Crippen LogP contribution in [-0.4, -0.2) is 88.5 Å². The summed E-state index contributed by atoms with van der Waals surface area (Å²) in [6, 6.07) is 2.93. The van der Waals surface area contributed by atoms with Gasteiger partial charge in [-0.3, -0.25) is 9.69 Å². The fourth-order valence-corrected chi connectivity index (χ4v) is 2.90. The number of methoxy groups -OCH3 is 3. The number of amides is 1. The lowest BCUT2D eigenvalue weighted by Gasteiger charge is -2.34. The third kappa shape index (κ3) is 5.66. The van der Waals surface area contributed by atoms with E-state index in [1.807, 2.05) is 4.90 Å². The molecule has 0 aromatic heterocycles. The summed E-state index contributed by atoms with van der Waals surface area (Å²) in [4.78, 5) is 26.1. The van der Waals surface area contributed by atoms with E-state index in [4.69, 9.17) is 18.9 Å². The number of piperazine rings is 1. The first kappa shape index (κ1) is 22.6. The van der Waals surface area contributed by atoms with Crippen LogP contribution in [0.3, 0.4) is 0 Å². The lowest BCUT2D eigenvalue weighted by atomic mass is 10.2. The third-order valence-corrected chi connectivity index (χ3v) is 4.44. The summed E-state index contributed by atoms with van der Waals surface area (Å²) in [7, 11) is 4.30. The lowest BCUT2D eigenvalue weighted by Crippen LogP contribution is -2.52. The Morgan fingerprint density at radius 3 is 1.97 bits per heavy atom. The second-order valence-electron chi connectivity index (χ2n) is 6.18. The van der Waals surface area contributed by atoms with Crippen molar-refractivity contribution >= 4 is 11.9 Å². The van der Waals surface area contributed by atoms with Crippen molar-refractivity contribution in [2.45, 2.75) is 6.18 Å². The van der Waals surface area contributed by atoms with Crippen LogP contribution < -0.4 is 14.2 Å². The monoisotopic (exact) mass is 420 g/mol. The molecule has 1 amide bonds. The first-order chi connectivity index (χ1) is 13.7. The number of halogens is 3. The Hall–Kier alpha value is -2.69. The number of carbonyl (C=O) groups excluding carboxylic acids is 2. The van der Waals surface area contributed by atoms with Crippen LogP contribution in [0.4, 0.5) is 13.2 Å². The zero-order chi connectivity index (χ0) is 21.6. The Morgan fingerprint density at radius 1 is 0.966 bits per heavy atom. The second-order valence-corrected chi connectivity index (χ2v) is 6.18. The van der Waals surface area contributed by atoms with E-state index in [0.29, 0.717) is 23.8 Å². The number of benzene rings is 1. The Labute approximate surface area is 166 Å². The second kappa shape index (κ2) is 9.68. The highest BCUT2D eigenvalue weighted by atomic mass is 19.4. The molecule has 11 heteroatoms. The van der Waals surface area contributed by atoms with E-state index >= 15 is 0 Å². The van der Waals surface area contributed by atoms with E-state index in [1.165, 1.54) is 33.5 Å². The molecule has 1 aromatic rings. The van der Waals surface area contributed by atoms with Crippen LogP contribution in [0, 0.1) is 0 Å². The fourth-order valence-electron chi connectivity index (χ4n) is 2.90. The summed E-state index contributed by atoms with van der Waals surface area (Å²) < 4.78 is 58.2. The summed E-state index contributed by atoms with van der Waals surface area (Å²) in [6.45, 7) is 0.859. The van der Waals surface area contributed by atoms with Gasteiger partial charge in [0.2, 0.25) is 5.75 Å². The topological polar surface area (TPSA) is 77.5 Å². The number of nitrogens with zero attached hydrogens (tertiary/aromatic N) is 2. The predicted octanol–water partition coefficient (Wildman–Crippen LogP) is 1.58. The number of rotatable bonds is 7. The van der Waals surface area contributed by atoms with Crippen molar-refractivity contribution in [1.82, 2.24) is 9.80 Å². The van der Waals surface area contributed by atoms with Crippen LogP contribution in [0.25, 0.3) is 0 Å². The van der Waals surface area contributed by atoms with Gasteiger partial charge in [0, 0.05) is 32.7 Å². The van der Waals surface area contributed by atoms with E-state index in [-0.39, 0.29) is 38.3 Å². The molecule has 1 fully saturated rings. The molecule has 0 spiro atoms. The fraction of sp³-hybridized carbons (Fsp3) is 0.556. The highest BCUT2D eigenvalue weighted by Crippen LogP contribution is 2.38. The molecule has 0 aliphatic carbocycles. The minimum atomic E-state index is -4.86. The van der Waals surface area contributed by atoms with Crippen LogP contribution in [0.1, 0.15) is 10.4 Å². The first-order valence-electron chi connectivity index (χ1n) is 8.76. The maximum atomic E-state index is 12.5. The zero-order valence-corrected chi connectivity index (χ0v) is 16.4. The molecule has 0 atom stereocenters. The van der Waals surface area contributed by atoms with Gasteiger partial charge in [-0.2, -0.15) is 13.2 Å². The SMILES string of the molecule is COc1cc(C(=O)OCCN2CCN(C(=O)C(F)(F)F)CC2)cc(OC)c1OC. The molecular weight excluding hydrogens is 397 g/mol. The molecule has 2 rings (SSSR count). The molecule has 162 valence electrons. The first-order valence-corrected chi connectivity index (χ1v) is 8.76. The van der Waals surface area contributed by atoms with Gasteiger partial charge < -0.3 is 23.8 Å². The maximum Gasteiger partial charge on any atom is 0.471 e. The van der Waals surface area contributed by atoms with Crippen LogP contribution >= 0.6 is 0 Å². The molecule has 29 heavy (non-hydrogen) atoms. The van der Waals surface area contributed by atoms with E-state index < -0.39 is 18.1 Å². The standard InChI is InChI=1S/C18H23F3N2O6/c1-26-13-10-12(11-14(27-2)15(13)28-3)16(24)29-9-8-22-4-6-23(7-5-22)17(25)18(19,20)21/h10-11H,4-9H2,1-3H3. The number of esters is 1. The molecule has 0 radical (unpaired) electrons. The Kier molecular flexibility index (Phi) is 7.54. The molecule has 1 aromatic carbocycles. The summed E-state index contributed by atoms with van der Waals surface area (Å²) in [6.07, 6.45) is -4.86. The quantitative estimate of drug-likeness (QED) is 0.620. The van der Waals surface area contributed by atoms with Gasteiger partial charge in [0.15, 0.2) is 11.5 Å². The van der Waals surface area contributed by atoms with Gasteiger partial charge in [-0.15, -0.1) is 0 Å². The molecular formula is C18H23F3N2O6. The summed E-state index contributed by atoms with van der Waals surface area (Å²) in [5.74, 6) is -1.47. The van der Waals surface area contributed by atoms with E-state index in [1.54, 1.807) is 0 Å². The Morgan fingerprint density at radius 2 is 1.52 bits per heavy atom. The number of carbonyl (C=O) groups is 2. The molecule has 0 bridgehead atoms. The molecule has 1 saturated heterocycles. The number of hydrogen-bond donors (Lipinski definition) is 0. The summed E-state index contributed by atoms with van der Waals surface area (Å²) in [5.41, 5.74) is 0.208. The van der Waals surface area contributed by atoms with Gasteiger partial charge in [-0.1, -0.05) is 0 Å². The predicted molar refractivity (Wildman–Crippen MR) is 95.5 cm³/mol. The largest absolute Gasteiger partial charge is 0.493 e. The number of alkyl halides is 3. The average molecular weight is 420 g/mol. The van der Waals surface area contributed by atoms with Gasteiger partial charge in [-0.05, 0) is 12.1 Å². The zero-order valence-electron chi connectivity index (χ0n) is 16.4. The van der Waals surface area contributed by atoms with Crippen LogP contribution in [0.5, 0.6) is 17.2 Å². The smallest absolute Gasteiger partial charge is 0.471 e. The molecule has 1 aliphatic heterocycles. The lowest BCUT2D eigenvalue weighted by molar-refractivity contribution is -0.187. The van der Waals surface area contributed by atoms with Crippen molar-refractivity contribution in [3.05, 3.63) is 17.7 Å². The maximum absolute atomic E-state index is 12.5.